The Morgan fingerprint density at radius 2 is 2.10 bits per heavy atom. The number of nitrogens with one attached hydrogen (secondary N) is 1. The second-order valence-electron chi connectivity index (χ2n) is 5.29. The Morgan fingerprint density at radius 3 is 2.70 bits per heavy atom. The van der Waals surface area contributed by atoms with E-state index < -0.39 is 5.97 Å². The summed E-state index contributed by atoms with van der Waals surface area (Å²) < 4.78 is 1.14. The number of aromatic nitrogens is 3. The molecule has 1 aromatic rings. The summed E-state index contributed by atoms with van der Waals surface area (Å²) in [6, 6.07) is 0.190. The first kappa shape index (κ1) is 14.5. The third-order valence-electron chi connectivity index (χ3n) is 3.83. The summed E-state index contributed by atoms with van der Waals surface area (Å²) in [5, 5.41) is 18.9. The van der Waals surface area contributed by atoms with E-state index >= 15 is 0 Å². The summed E-state index contributed by atoms with van der Waals surface area (Å²) in [5.74, 6) is -0.513. The molecule has 1 amide bonds. The maximum Gasteiger partial charge on any atom is 0.325 e. The van der Waals surface area contributed by atoms with Gasteiger partial charge in [0.05, 0.1) is 6.20 Å². The van der Waals surface area contributed by atoms with Crippen LogP contribution in [-0.4, -0.2) is 38.0 Å². The number of carboxylic acid groups (broad SMARTS) is 1. The van der Waals surface area contributed by atoms with Crippen LogP contribution >= 0.6 is 0 Å². The normalized spacial score (nSPS) is 22.4. The molecule has 20 heavy (non-hydrogen) atoms. The minimum atomic E-state index is -1.01. The molecule has 1 aliphatic rings. The molecule has 110 valence electrons. The third-order valence-corrected chi connectivity index (χ3v) is 3.83. The molecule has 1 saturated carbocycles. The van der Waals surface area contributed by atoms with Gasteiger partial charge in [-0.25, -0.2) is 4.68 Å². The van der Waals surface area contributed by atoms with E-state index in [9.17, 15) is 9.59 Å². The largest absolute Gasteiger partial charge is 0.480 e. The van der Waals surface area contributed by atoms with Gasteiger partial charge in [0.25, 0.3) is 5.91 Å². The predicted octanol–water partition coefficient (Wildman–Crippen LogP) is 1.06. The van der Waals surface area contributed by atoms with Gasteiger partial charge in [-0.2, -0.15) is 0 Å². The van der Waals surface area contributed by atoms with Crippen molar-refractivity contribution >= 4 is 11.9 Å². The maximum absolute atomic E-state index is 12.0. The van der Waals surface area contributed by atoms with Crippen LogP contribution in [0.4, 0.5) is 0 Å². The number of carbonyl (C=O) groups is 2. The SMILES string of the molecule is CCC1CCC(NC(=O)c2cn(CC(=O)O)nn2)CC1. The quantitative estimate of drug-likeness (QED) is 0.840. The van der Waals surface area contributed by atoms with Gasteiger partial charge in [-0.15, -0.1) is 5.10 Å². The number of amides is 1. The van der Waals surface area contributed by atoms with Crippen LogP contribution in [0.3, 0.4) is 0 Å². The number of nitrogens with zero attached hydrogens (tertiary/aromatic N) is 3. The van der Waals surface area contributed by atoms with E-state index in [0.717, 1.165) is 36.3 Å². The zero-order chi connectivity index (χ0) is 14.5. The van der Waals surface area contributed by atoms with Crippen LogP contribution in [0.25, 0.3) is 0 Å². The van der Waals surface area contributed by atoms with Crippen LogP contribution in [-0.2, 0) is 11.3 Å². The fourth-order valence-electron chi connectivity index (χ4n) is 2.59. The van der Waals surface area contributed by atoms with Crippen molar-refractivity contribution in [2.24, 2.45) is 5.92 Å². The molecular formula is C13H20N4O3. The lowest BCUT2D eigenvalue weighted by Gasteiger charge is -2.28. The van der Waals surface area contributed by atoms with Crippen LogP contribution in [0, 0.1) is 5.92 Å². The molecular weight excluding hydrogens is 260 g/mol. The molecule has 0 spiro atoms. The molecule has 0 saturated heterocycles. The smallest absolute Gasteiger partial charge is 0.325 e. The molecule has 7 nitrogen and oxygen atoms in total. The maximum atomic E-state index is 12.0. The topological polar surface area (TPSA) is 97.1 Å². The van der Waals surface area contributed by atoms with Gasteiger partial charge < -0.3 is 10.4 Å². The standard InChI is InChI=1S/C13H20N4O3/c1-2-9-3-5-10(6-4-9)14-13(20)11-7-17(16-15-11)8-12(18)19/h7,9-10H,2-6,8H2,1H3,(H,14,20)(H,18,19). The van der Waals surface area contributed by atoms with E-state index in [1.807, 2.05) is 0 Å². The van der Waals surface area contributed by atoms with Crippen molar-refractivity contribution in [2.75, 3.05) is 0 Å². The lowest BCUT2D eigenvalue weighted by Crippen LogP contribution is -2.37. The first-order valence-corrected chi connectivity index (χ1v) is 7.01. The summed E-state index contributed by atoms with van der Waals surface area (Å²) >= 11 is 0. The molecule has 0 bridgehead atoms. The highest BCUT2D eigenvalue weighted by Gasteiger charge is 2.22. The van der Waals surface area contributed by atoms with Crippen molar-refractivity contribution in [1.29, 1.82) is 0 Å². The van der Waals surface area contributed by atoms with Gasteiger partial charge in [-0.3, -0.25) is 9.59 Å². The Balaban J connectivity index is 1.85. The summed E-state index contributed by atoms with van der Waals surface area (Å²) in [4.78, 5) is 22.5. The van der Waals surface area contributed by atoms with Gasteiger partial charge in [0.2, 0.25) is 0 Å². The number of rotatable bonds is 5. The molecule has 7 heteroatoms. The van der Waals surface area contributed by atoms with Gasteiger partial charge in [0.15, 0.2) is 5.69 Å². The van der Waals surface area contributed by atoms with Crippen molar-refractivity contribution in [3.8, 4) is 0 Å². The molecule has 0 radical (unpaired) electrons. The molecule has 1 aliphatic carbocycles. The monoisotopic (exact) mass is 280 g/mol. The van der Waals surface area contributed by atoms with Crippen LogP contribution in [0.5, 0.6) is 0 Å². The van der Waals surface area contributed by atoms with E-state index in [1.54, 1.807) is 0 Å². The first-order valence-electron chi connectivity index (χ1n) is 7.01. The molecule has 1 aromatic heterocycles. The van der Waals surface area contributed by atoms with Crippen molar-refractivity contribution in [2.45, 2.75) is 51.6 Å². The molecule has 0 atom stereocenters. The van der Waals surface area contributed by atoms with E-state index in [4.69, 9.17) is 5.11 Å². The molecule has 0 aromatic carbocycles. The number of hydrogen-bond acceptors (Lipinski definition) is 4. The lowest BCUT2D eigenvalue weighted by molar-refractivity contribution is -0.137. The molecule has 1 fully saturated rings. The summed E-state index contributed by atoms with van der Waals surface area (Å²) in [5.41, 5.74) is 0.170. The van der Waals surface area contributed by atoms with Crippen molar-refractivity contribution in [3.63, 3.8) is 0 Å². The van der Waals surface area contributed by atoms with E-state index in [2.05, 4.69) is 22.6 Å². The van der Waals surface area contributed by atoms with E-state index in [0.29, 0.717) is 0 Å². The van der Waals surface area contributed by atoms with Crippen LogP contribution < -0.4 is 5.32 Å². The molecule has 0 unspecified atom stereocenters. The Hall–Kier alpha value is -1.92. The molecule has 0 aliphatic heterocycles. The summed E-state index contributed by atoms with van der Waals surface area (Å²) in [6.07, 6.45) is 6.84. The second-order valence-corrected chi connectivity index (χ2v) is 5.29. The highest BCUT2D eigenvalue weighted by Crippen LogP contribution is 2.26. The van der Waals surface area contributed by atoms with Gasteiger partial charge in [0, 0.05) is 6.04 Å². The fraction of sp³-hybridized carbons (Fsp3) is 0.692. The molecule has 2 rings (SSSR count). The Bertz CT molecular complexity index is 478. The predicted molar refractivity (Wildman–Crippen MR) is 71.2 cm³/mol. The first-order chi connectivity index (χ1) is 9.58. The van der Waals surface area contributed by atoms with Crippen LogP contribution in [0.1, 0.15) is 49.5 Å². The average Bonchev–Trinajstić information content (AvgIpc) is 2.87. The van der Waals surface area contributed by atoms with E-state index in [1.165, 1.54) is 12.6 Å². The zero-order valence-electron chi connectivity index (χ0n) is 11.6. The van der Waals surface area contributed by atoms with E-state index in [-0.39, 0.29) is 24.2 Å². The number of hydrogen-bond donors (Lipinski definition) is 2. The van der Waals surface area contributed by atoms with Gasteiger partial charge in [-0.1, -0.05) is 18.6 Å². The number of carbonyl (C=O) groups excluding carboxylic acids is 1. The molecule has 1 heterocycles. The Morgan fingerprint density at radius 1 is 1.40 bits per heavy atom. The average molecular weight is 280 g/mol. The fourth-order valence-corrected chi connectivity index (χ4v) is 2.59. The third kappa shape index (κ3) is 3.79. The highest BCUT2D eigenvalue weighted by molar-refractivity contribution is 5.92. The highest BCUT2D eigenvalue weighted by atomic mass is 16.4. The summed E-state index contributed by atoms with van der Waals surface area (Å²) in [7, 11) is 0. The van der Waals surface area contributed by atoms with Gasteiger partial charge >= 0.3 is 5.97 Å². The van der Waals surface area contributed by atoms with Gasteiger partial charge in [0.1, 0.15) is 6.54 Å². The minimum Gasteiger partial charge on any atom is -0.480 e. The van der Waals surface area contributed by atoms with Crippen molar-refractivity contribution < 1.29 is 14.7 Å². The van der Waals surface area contributed by atoms with Gasteiger partial charge in [-0.05, 0) is 31.6 Å². The lowest BCUT2D eigenvalue weighted by atomic mass is 9.84. The minimum absolute atomic E-state index is 0.170. The van der Waals surface area contributed by atoms with Crippen LogP contribution in [0.15, 0.2) is 6.20 Å². The summed E-state index contributed by atoms with van der Waals surface area (Å²) in [6.45, 7) is 1.91. The zero-order valence-corrected chi connectivity index (χ0v) is 11.6. The second kappa shape index (κ2) is 6.49. The van der Waals surface area contributed by atoms with Crippen molar-refractivity contribution in [3.05, 3.63) is 11.9 Å². The molecule has 2 N–H and O–H groups in total. The Kier molecular flexibility index (Phi) is 4.70. The Labute approximate surface area is 117 Å². The van der Waals surface area contributed by atoms with Crippen LogP contribution in [0.2, 0.25) is 0 Å². The van der Waals surface area contributed by atoms with Crippen molar-refractivity contribution in [1.82, 2.24) is 20.3 Å². The number of aliphatic carboxylic acids is 1. The number of carboxylic acids is 1.